The fraction of sp³-hybridized carbons (Fsp3) is 0.655. The molecule has 0 amide bonds. The fourth-order valence-corrected chi connectivity index (χ4v) is 4.03. The lowest BCUT2D eigenvalue weighted by atomic mass is 10.0. The predicted octanol–water partition coefficient (Wildman–Crippen LogP) is 4.44. The maximum Gasteiger partial charge on any atom is 0.334 e. The molecule has 9 nitrogen and oxygen atoms in total. The lowest BCUT2D eigenvalue weighted by Gasteiger charge is -2.19. The summed E-state index contributed by atoms with van der Waals surface area (Å²) in [5, 5.41) is 0. The number of carbonyl (C=O) groups is 2. The van der Waals surface area contributed by atoms with Crippen molar-refractivity contribution in [3.05, 3.63) is 35.4 Å². The van der Waals surface area contributed by atoms with Crippen molar-refractivity contribution >= 4 is 12.3 Å². The van der Waals surface area contributed by atoms with Crippen LogP contribution in [0.2, 0.25) is 0 Å². The molecule has 0 aromatic heterocycles. The van der Waals surface area contributed by atoms with E-state index in [9.17, 15) is 9.59 Å². The van der Waals surface area contributed by atoms with Crippen molar-refractivity contribution in [2.75, 3.05) is 53.9 Å². The van der Waals surface area contributed by atoms with Crippen LogP contribution in [0.5, 0.6) is 11.5 Å². The highest BCUT2D eigenvalue weighted by atomic mass is 16.6. The van der Waals surface area contributed by atoms with E-state index in [0.717, 1.165) is 44.0 Å². The van der Waals surface area contributed by atoms with E-state index in [0.29, 0.717) is 76.2 Å². The highest BCUT2D eigenvalue weighted by Gasteiger charge is 2.25. The average Bonchev–Trinajstić information content (AvgIpc) is 3.24. The average molecular weight is 537 g/mol. The fourth-order valence-electron chi connectivity index (χ4n) is 4.03. The summed E-state index contributed by atoms with van der Waals surface area (Å²) in [4.78, 5) is 22.6. The maximum atomic E-state index is 12.1. The van der Waals surface area contributed by atoms with Crippen LogP contribution in [-0.4, -0.2) is 78.3 Å². The van der Waals surface area contributed by atoms with Gasteiger partial charge in [-0.1, -0.05) is 25.3 Å². The largest absolute Gasteiger partial charge is 0.493 e. The van der Waals surface area contributed by atoms with Crippen molar-refractivity contribution in [3.63, 3.8) is 0 Å². The molecule has 0 saturated carbocycles. The molecular weight excluding hydrogens is 492 g/mol. The molecule has 0 aliphatic carbocycles. The Morgan fingerprint density at radius 2 is 1.68 bits per heavy atom. The first kappa shape index (κ1) is 31.8. The summed E-state index contributed by atoms with van der Waals surface area (Å²) in [7, 11) is 3.24. The Morgan fingerprint density at radius 1 is 0.947 bits per heavy atom. The molecule has 214 valence electrons. The highest BCUT2D eigenvalue weighted by Crippen LogP contribution is 2.29. The molecule has 0 radical (unpaired) electrons. The van der Waals surface area contributed by atoms with Crippen molar-refractivity contribution in [1.29, 1.82) is 0 Å². The Labute approximate surface area is 226 Å². The lowest BCUT2D eigenvalue weighted by molar-refractivity contribution is -0.139. The monoisotopic (exact) mass is 536 g/mol. The minimum Gasteiger partial charge on any atom is -0.493 e. The zero-order valence-electron chi connectivity index (χ0n) is 23.1. The first-order valence-corrected chi connectivity index (χ1v) is 13.5. The molecule has 1 aromatic carbocycles. The van der Waals surface area contributed by atoms with E-state index in [1.54, 1.807) is 14.2 Å². The van der Waals surface area contributed by atoms with Gasteiger partial charge >= 0.3 is 5.97 Å². The third-order valence-corrected chi connectivity index (χ3v) is 6.04. The zero-order valence-corrected chi connectivity index (χ0v) is 23.1. The van der Waals surface area contributed by atoms with Crippen LogP contribution in [0.3, 0.4) is 0 Å². The molecule has 0 unspecified atom stereocenters. The van der Waals surface area contributed by atoms with Crippen molar-refractivity contribution in [1.82, 2.24) is 0 Å². The van der Waals surface area contributed by atoms with Crippen molar-refractivity contribution in [2.45, 2.75) is 70.7 Å². The molecule has 38 heavy (non-hydrogen) atoms. The van der Waals surface area contributed by atoms with Crippen molar-refractivity contribution in [3.8, 4) is 11.5 Å². The van der Waals surface area contributed by atoms with Crippen LogP contribution in [0, 0.1) is 0 Å². The van der Waals surface area contributed by atoms with E-state index in [4.69, 9.17) is 33.2 Å². The Hall–Kier alpha value is -2.46. The number of cyclic esters (lactones) is 1. The van der Waals surface area contributed by atoms with Crippen LogP contribution in [0.25, 0.3) is 0 Å². The van der Waals surface area contributed by atoms with Crippen LogP contribution in [-0.2, 0) is 39.9 Å². The Kier molecular flexibility index (Phi) is 16.4. The number of hydrogen-bond donors (Lipinski definition) is 0. The van der Waals surface area contributed by atoms with Crippen LogP contribution >= 0.6 is 0 Å². The van der Waals surface area contributed by atoms with E-state index < -0.39 is 0 Å². The zero-order chi connectivity index (χ0) is 27.4. The van der Waals surface area contributed by atoms with Gasteiger partial charge in [-0.15, -0.1) is 0 Å². The predicted molar refractivity (Wildman–Crippen MR) is 143 cm³/mol. The second-order valence-electron chi connectivity index (χ2n) is 9.15. The number of hydrogen-bond acceptors (Lipinski definition) is 9. The molecule has 0 bridgehead atoms. The molecule has 2 atom stereocenters. The summed E-state index contributed by atoms with van der Waals surface area (Å²) in [5.41, 5.74) is 1.62. The summed E-state index contributed by atoms with van der Waals surface area (Å²) in [6.45, 7) is 5.20. The van der Waals surface area contributed by atoms with E-state index in [1.165, 1.54) is 0 Å². The van der Waals surface area contributed by atoms with E-state index in [1.807, 2.05) is 31.2 Å². The van der Waals surface area contributed by atoms with E-state index in [-0.39, 0.29) is 18.2 Å². The topological polar surface area (TPSA) is 98.8 Å². The number of unbranched alkanes of at least 4 members (excludes halogenated alkanes) is 4. The second kappa shape index (κ2) is 19.6. The first-order valence-electron chi connectivity index (χ1n) is 13.5. The lowest BCUT2D eigenvalue weighted by Crippen LogP contribution is -2.16. The van der Waals surface area contributed by atoms with Gasteiger partial charge in [-0.05, 0) is 43.5 Å². The van der Waals surface area contributed by atoms with Crippen LogP contribution < -0.4 is 9.47 Å². The molecule has 0 N–H and O–H groups in total. The third-order valence-electron chi connectivity index (χ3n) is 6.04. The number of aldehydes is 1. The van der Waals surface area contributed by atoms with Gasteiger partial charge in [-0.25, -0.2) is 4.79 Å². The van der Waals surface area contributed by atoms with Gasteiger partial charge in [-0.3, -0.25) is 0 Å². The van der Waals surface area contributed by atoms with Crippen molar-refractivity contribution < 1.29 is 42.7 Å². The Bertz CT molecular complexity index is 839. The molecule has 1 aliphatic heterocycles. The Balaban J connectivity index is 1.81. The summed E-state index contributed by atoms with van der Waals surface area (Å²) in [6.07, 6.45) is 8.41. The minimum absolute atomic E-state index is 0.109. The number of ether oxygens (including phenoxy) is 7. The highest BCUT2D eigenvalue weighted by molar-refractivity contribution is 5.90. The van der Waals surface area contributed by atoms with Gasteiger partial charge in [0, 0.05) is 25.5 Å². The van der Waals surface area contributed by atoms with Gasteiger partial charge < -0.3 is 38.0 Å². The Morgan fingerprint density at radius 3 is 2.37 bits per heavy atom. The molecule has 9 heteroatoms. The van der Waals surface area contributed by atoms with Crippen molar-refractivity contribution in [2.24, 2.45) is 0 Å². The van der Waals surface area contributed by atoms with Gasteiger partial charge in [-0.2, -0.15) is 0 Å². The first-order chi connectivity index (χ1) is 18.6. The van der Waals surface area contributed by atoms with E-state index in [2.05, 4.69) is 0 Å². The molecular formula is C29H44O9. The summed E-state index contributed by atoms with van der Waals surface area (Å²) in [6, 6.07) is 5.72. The number of carbonyl (C=O) groups excluding carboxylic acids is 2. The van der Waals surface area contributed by atoms with Gasteiger partial charge in [0.15, 0.2) is 11.5 Å². The van der Waals surface area contributed by atoms with Gasteiger partial charge in [0.05, 0.1) is 52.9 Å². The quantitative estimate of drug-likeness (QED) is 0.114. The maximum absolute atomic E-state index is 12.1. The molecule has 2 rings (SSSR count). The van der Waals surface area contributed by atoms with Crippen LogP contribution in [0.15, 0.2) is 29.8 Å². The standard InChI is InChI=1S/C29H44O9/c1-23-19-25(29(31)38-23)21-26(9-7-5-4-6-8-12-30)37-22-24-10-11-27(28(20-24)33-3)36-18-17-35-16-15-34-14-13-32-2/h10-12,19-20,23,26H,4-9,13-18,21-22H2,1-3H3/t23-,26-/m0/s1. The summed E-state index contributed by atoms with van der Waals surface area (Å²) >= 11 is 0. The molecule has 1 aliphatic rings. The summed E-state index contributed by atoms with van der Waals surface area (Å²) in [5.74, 6) is 0.996. The molecule has 1 heterocycles. The molecule has 0 spiro atoms. The van der Waals surface area contributed by atoms with Gasteiger partial charge in [0.2, 0.25) is 0 Å². The third kappa shape index (κ3) is 12.9. The number of esters is 1. The molecule has 0 saturated heterocycles. The smallest absolute Gasteiger partial charge is 0.334 e. The summed E-state index contributed by atoms with van der Waals surface area (Å²) < 4.78 is 38.7. The van der Waals surface area contributed by atoms with Crippen LogP contribution in [0.1, 0.15) is 57.4 Å². The number of methoxy groups -OCH3 is 2. The van der Waals surface area contributed by atoms with E-state index >= 15 is 0 Å². The van der Waals surface area contributed by atoms with Crippen LogP contribution in [0.4, 0.5) is 0 Å². The SMILES string of the molecule is COCCOCCOCCOc1ccc(CO[C@@H](CCCCCCC=O)CC2=C[C@H](C)OC2=O)cc1OC. The number of rotatable bonds is 23. The molecule has 0 fully saturated rings. The van der Waals surface area contributed by atoms with Gasteiger partial charge in [0.1, 0.15) is 19.0 Å². The van der Waals surface area contributed by atoms with Gasteiger partial charge in [0.25, 0.3) is 0 Å². The number of benzene rings is 1. The normalized spacial score (nSPS) is 15.7. The second-order valence-corrected chi connectivity index (χ2v) is 9.15. The molecule has 1 aromatic rings. The minimum atomic E-state index is -0.261.